The first-order valence-corrected chi connectivity index (χ1v) is 7.05. The second-order valence-electron chi connectivity index (χ2n) is 4.18. The van der Waals surface area contributed by atoms with Gasteiger partial charge in [-0.05, 0) is 18.7 Å². The predicted molar refractivity (Wildman–Crippen MR) is 74.1 cm³/mol. The fraction of sp³-hybridized carbons (Fsp3) is 0.308. The number of nitrogens with one attached hydrogen (secondary N) is 1. The summed E-state index contributed by atoms with van der Waals surface area (Å²) >= 11 is 7.08. The number of thiazole rings is 1. The number of aromatic nitrogens is 1. The highest BCUT2D eigenvalue weighted by atomic mass is 35.5. The highest BCUT2D eigenvalue weighted by molar-refractivity contribution is 7.11. The van der Waals surface area contributed by atoms with Gasteiger partial charge in [0.2, 0.25) is 0 Å². The molecular weight excluding hydrogens is 309 g/mol. The van der Waals surface area contributed by atoms with Crippen molar-refractivity contribution in [2.75, 3.05) is 7.05 Å². The summed E-state index contributed by atoms with van der Waals surface area (Å²) in [5.41, 5.74) is -0.0356. The van der Waals surface area contributed by atoms with Crippen LogP contribution < -0.4 is 5.32 Å². The molecule has 108 valence electrons. The standard InChI is InChI=1S/C13H12ClF3N2S/c1-18-7-10-12(13(15,16)17)19-11(20-10)6-8-4-2-3-5-9(8)14/h2-5,18H,6-7H2,1H3. The number of nitrogens with zero attached hydrogens (tertiary/aromatic N) is 1. The van der Waals surface area contributed by atoms with E-state index in [1.807, 2.05) is 0 Å². The van der Waals surface area contributed by atoms with Gasteiger partial charge in [0.05, 0.1) is 9.88 Å². The Bertz CT molecular complexity index is 596. The number of hydrogen-bond acceptors (Lipinski definition) is 3. The molecule has 20 heavy (non-hydrogen) atoms. The number of rotatable bonds is 4. The molecule has 1 heterocycles. The Balaban J connectivity index is 2.32. The molecule has 0 saturated carbocycles. The third-order valence-electron chi connectivity index (χ3n) is 2.65. The Morgan fingerprint density at radius 2 is 2.00 bits per heavy atom. The van der Waals surface area contributed by atoms with Crippen molar-refractivity contribution in [2.24, 2.45) is 0 Å². The normalized spacial score (nSPS) is 11.8. The molecule has 0 spiro atoms. The van der Waals surface area contributed by atoms with Crippen molar-refractivity contribution in [1.29, 1.82) is 0 Å². The topological polar surface area (TPSA) is 24.9 Å². The van der Waals surface area contributed by atoms with Gasteiger partial charge in [0, 0.05) is 18.0 Å². The third-order valence-corrected chi connectivity index (χ3v) is 4.07. The first-order valence-electron chi connectivity index (χ1n) is 5.85. The lowest BCUT2D eigenvalue weighted by atomic mass is 10.1. The lowest BCUT2D eigenvalue weighted by Gasteiger charge is -2.04. The number of halogens is 4. The van der Waals surface area contributed by atoms with E-state index in [-0.39, 0.29) is 11.4 Å². The third kappa shape index (κ3) is 3.50. The van der Waals surface area contributed by atoms with Crippen LogP contribution in [0.4, 0.5) is 13.2 Å². The summed E-state index contributed by atoms with van der Waals surface area (Å²) in [5.74, 6) is 0. The largest absolute Gasteiger partial charge is 0.434 e. The van der Waals surface area contributed by atoms with Crippen LogP contribution in [-0.4, -0.2) is 12.0 Å². The van der Waals surface area contributed by atoms with Crippen LogP contribution in [0.15, 0.2) is 24.3 Å². The van der Waals surface area contributed by atoms with Crippen molar-refractivity contribution in [2.45, 2.75) is 19.1 Å². The van der Waals surface area contributed by atoms with Gasteiger partial charge in [0.25, 0.3) is 0 Å². The van der Waals surface area contributed by atoms with E-state index in [9.17, 15) is 13.2 Å². The molecule has 0 aliphatic heterocycles. The number of hydrogen-bond donors (Lipinski definition) is 1. The van der Waals surface area contributed by atoms with Crippen LogP contribution in [0.1, 0.15) is 21.1 Å². The summed E-state index contributed by atoms with van der Waals surface area (Å²) in [6.45, 7) is 0.148. The Hall–Kier alpha value is -1.11. The smallest absolute Gasteiger partial charge is 0.315 e. The second kappa shape index (κ2) is 6.11. The van der Waals surface area contributed by atoms with E-state index in [2.05, 4.69) is 10.3 Å². The van der Waals surface area contributed by atoms with Crippen molar-refractivity contribution < 1.29 is 13.2 Å². The molecular formula is C13H12ClF3N2S. The maximum Gasteiger partial charge on any atom is 0.434 e. The quantitative estimate of drug-likeness (QED) is 0.916. The van der Waals surface area contributed by atoms with E-state index in [1.165, 1.54) is 0 Å². The van der Waals surface area contributed by atoms with Gasteiger partial charge in [0.15, 0.2) is 5.69 Å². The van der Waals surface area contributed by atoms with Crippen LogP contribution in [0, 0.1) is 0 Å². The molecule has 0 amide bonds. The average molecular weight is 321 g/mol. The SMILES string of the molecule is CNCc1sc(Cc2ccccc2Cl)nc1C(F)(F)F. The molecule has 0 unspecified atom stereocenters. The zero-order chi connectivity index (χ0) is 14.8. The van der Waals surface area contributed by atoms with Gasteiger partial charge in [-0.2, -0.15) is 13.2 Å². The minimum Gasteiger partial charge on any atom is -0.315 e. The van der Waals surface area contributed by atoms with E-state index in [0.717, 1.165) is 16.9 Å². The van der Waals surface area contributed by atoms with Gasteiger partial charge in [0.1, 0.15) is 0 Å². The Kier molecular flexibility index (Phi) is 4.67. The molecule has 0 aliphatic rings. The zero-order valence-corrected chi connectivity index (χ0v) is 12.2. The Morgan fingerprint density at radius 1 is 1.30 bits per heavy atom. The van der Waals surface area contributed by atoms with Crippen LogP contribution in [0.5, 0.6) is 0 Å². The van der Waals surface area contributed by atoms with Gasteiger partial charge in [-0.25, -0.2) is 4.98 Å². The molecule has 2 aromatic rings. The van der Waals surface area contributed by atoms with E-state index in [1.54, 1.807) is 31.3 Å². The van der Waals surface area contributed by atoms with Crippen LogP contribution in [0.3, 0.4) is 0 Å². The molecule has 0 bridgehead atoms. The summed E-state index contributed by atoms with van der Waals surface area (Å²) in [5, 5.41) is 3.68. The number of alkyl halides is 3. The van der Waals surface area contributed by atoms with E-state index in [4.69, 9.17) is 11.6 Å². The molecule has 0 saturated heterocycles. The zero-order valence-electron chi connectivity index (χ0n) is 10.6. The Morgan fingerprint density at radius 3 is 2.60 bits per heavy atom. The van der Waals surface area contributed by atoms with Gasteiger partial charge in [-0.1, -0.05) is 29.8 Å². The summed E-state index contributed by atoms with van der Waals surface area (Å²) < 4.78 is 38.7. The number of benzene rings is 1. The Labute approximate surface area is 123 Å². The fourth-order valence-corrected chi connectivity index (χ4v) is 3.11. The summed E-state index contributed by atoms with van der Waals surface area (Å²) in [6, 6.07) is 7.08. The van der Waals surface area contributed by atoms with Crippen molar-refractivity contribution in [3.05, 3.63) is 50.4 Å². The maximum atomic E-state index is 12.9. The predicted octanol–water partition coefficient (Wildman–Crippen LogP) is 4.13. The van der Waals surface area contributed by atoms with Crippen LogP contribution in [0.2, 0.25) is 5.02 Å². The molecule has 1 aromatic heterocycles. The van der Waals surface area contributed by atoms with Gasteiger partial charge >= 0.3 is 6.18 Å². The summed E-state index contributed by atoms with van der Waals surface area (Å²) in [7, 11) is 1.60. The van der Waals surface area contributed by atoms with Gasteiger partial charge < -0.3 is 5.32 Å². The van der Waals surface area contributed by atoms with Crippen molar-refractivity contribution in [3.63, 3.8) is 0 Å². The highest BCUT2D eigenvalue weighted by Crippen LogP contribution is 2.35. The minimum absolute atomic E-state index is 0.148. The molecule has 2 nitrogen and oxygen atoms in total. The molecule has 0 radical (unpaired) electrons. The molecule has 1 aromatic carbocycles. The van der Waals surface area contributed by atoms with E-state index < -0.39 is 11.9 Å². The minimum atomic E-state index is -4.43. The molecule has 0 fully saturated rings. The second-order valence-corrected chi connectivity index (χ2v) is 5.75. The highest BCUT2D eigenvalue weighted by Gasteiger charge is 2.37. The molecule has 0 aliphatic carbocycles. The van der Waals surface area contributed by atoms with Crippen LogP contribution in [-0.2, 0) is 19.1 Å². The average Bonchev–Trinajstić information content (AvgIpc) is 2.76. The maximum absolute atomic E-state index is 12.9. The van der Waals surface area contributed by atoms with E-state index >= 15 is 0 Å². The fourth-order valence-electron chi connectivity index (χ4n) is 1.78. The summed E-state index contributed by atoms with van der Waals surface area (Å²) in [6.07, 6.45) is -4.13. The molecule has 1 N–H and O–H groups in total. The molecule has 7 heteroatoms. The summed E-state index contributed by atoms with van der Waals surface area (Å²) in [4.78, 5) is 3.93. The van der Waals surface area contributed by atoms with Crippen molar-refractivity contribution in [1.82, 2.24) is 10.3 Å². The monoisotopic (exact) mass is 320 g/mol. The molecule has 2 rings (SSSR count). The first-order chi connectivity index (χ1) is 9.41. The van der Waals surface area contributed by atoms with Crippen LogP contribution in [0.25, 0.3) is 0 Å². The lowest BCUT2D eigenvalue weighted by Crippen LogP contribution is -2.12. The van der Waals surface area contributed by atoms with E-state index in [0.29, 0.717) is 16.5 Å². The first kappa shape index (κ1) is 15.3. The van der Waals surface area contributed by atoms with Crippen molar-refractivity contribution in [3.8, 4) is 0 Å². The van der Waals surface area contributed by atoms with Crippen molar-refractivity contribution >= 4 is 22.9 Å². The molecule has 0 atom stereocenters. The van der Waals surface area contributed by atoms with Crippen LogP contribution >= 0.6 is 22.9 Å². The van der Waals surface area contributed by atoms with Gasteiger partial charge in [-0.15, -0.1) is 11.3 Å². The van der Waals surface area contributed by atoms with Gasteiger partial charge in [-0.3, -0.25) is 0 Å². The lowest BCUT2D eigenvalue weighted by molar-refractivity contribution is -0.141.